The monoisotopic (exact) mass is 246 g/mol. The van der Waals surface area contributed by atoms with Crippen LogP contribution in [0, 0.1) is 6.92 Å². The van der Waals surface area contributed by atoms with Gasteiger partial charge in [0, 0.05) is 19.0 Å². The molecule has 2 rings (SSSR count). The molecule has 1 N–H and O–H groups in total. The molecular weight excluding hydrogens is 232 g/mol. The molecular formula is C12H14N4O2. The lowest BCUT2D eigenvalue weighted by Crippen LogP contribution is -2.12. The van der Waals surface area contributed by atoms with Crippen molar-refractivity contribution >= 4 is 11.7 Å². The molecule has 1 amide bonds. The first-order valence-electron chi connectivity index (χ1n) is 5.74. The summed E-state index contributed by atoms with van der Waals surface area (Å²) in [6.07, 6.45) is 3.31. The van der Waals surface area contributed by atoms with Crippen molar-refractivity contribution in [3.63, 3.8) is 0 Å². The van der Waals surface area contributed by atoms with Crippen molar-refractivity contribution in [2.45, 2.75) is 26.2 Å². The van der Waals surface area contributed by atoms with E-state index in [-0.39, 0.29) is 5.91 Å². The van der Waals surface area contributed by atoms with Crippen molar-refractivity contribution < 1.29 is 9.32 Å². The second-order valence-corrected chi connectivity index (χ2v) is 3.85. The number of carbonyl (C=O) groups excluding carboxylic acids is 1. The Morgan fingerprint density at radius 2 is 2.33 bits per heavy atom. The predicted octanol–water partition coefficient (Wildman–Crippen LogP) is 1.73. The molecule has 0 aliphatic carbocycles. The van der Waals surface area contributed by atoms with Crippen molar-refractivity contribution in [1.29, 1.82) is 0 Å². The summed E-state index contributed by atoms with van der Waals surface area (Å²) in [5.41, 5.74) is 0. The molecule has 0 bridgehead atoms. The highest BCUT2D eigenvalue weighted by Gasteiger charge is 2.06. The van der Waals surface area contributed by atoms with Crippen molar-refractivity contribution in [2.24, 2.45) is 0 Å². The average molecular weight is 246 g/mol. The van der Waals surface area contributed by atoms with E-state index in [1.807, 2.05) is 6.07 Å². The Labute approximate surface area is 104 Å². The van der Waals surface area contributed by atoms with Crippen LogP contribution >= 0.6 is 0 Å². The highest BCUT2D eigenvalue weighted by molar-refractivity contribution is 5.89. The molecule has 0 fully saturated rings. The number of aromatic nitrogens is 3. The Hall–Kier alpha value is -2.24. The van der Waals surface area contributed by atoms with E-state index in [1.165, 1.54) is 0 Å². The minimum absolute atomic E-state index is 0.0649. The first kappa shape index (κ1) is 12.2. The molecule has 0 saturated heterocycles. The van der Waals surface area contributed by atoms with Crippen LogP contribution < -0.4 is 5.32 Å². The fourth-order valence-corrected chi connectivity index (χ4v) is 1.48. The summed E-state index contributed by atoms with van der Waals surface area (Å²) in [5.74, 6) is 1.68. The first-order valence-corrected chi connectivity index (χ1v) is 5.74. The van der Waals surface area contributed by atoms with Gasteiger partial charge in [-0.25, -0.2) is 4.98 Å². The predicted molar refractivity (Wildman–Crippen MR) is 64.8 cm³/mol. The second kappa shape index (κ2) is 5.90. The Balaban J connectivity index is 1.72. The number of nitrogens with one attached hydrogen (secondary N) is 1. The van der Waals surface area contributed by atoms with Gasteiger partial charge < -0.3 is 9.84 Å². The Bertz CT molecular complexity index is 510. The molecule has 2 aromatic rings. The number of hydrogen-bond acceptors (Lipinski definition) is 5. The number of aryl methyl sites for hydroxylation is 2. The van der Waals surface area contributed by atoms with Crippen LogP contribution in [-0.2, 0) is 11.2 Å². The largest absolute Gasteiger partial charge is 0.339 e. The third-order valence-corrected chi connectivity index (χ3v) is 2.30. The molecule has 0 aliphatic heterocycles. The van der Waals surface area contributed by atoms with Crippen LogP contribution in [0.1, 0.15) is 24.6 Å². The van der Waals surface area contributed by atoms with Crippen LogP contribution in [0.5, 0.6) is 0 Å². The SMILES string of the molecule is Cc1noc(CCCC(=O)Nc2ccccn2)n1. The number of carbonyl (C=O) groups is 1. The van der Waals surface area contributed by atoms with Gasteiger partial charge in [-0.1, -0.05) is 11.2 Å². The highest BCUT2D eigenvalue weighted by Crippen LogP contribution is 2.05. The number of amides is 1. The molecule has 2 heterocycles. The Kier molecular flexibility index (Phi) is 4.01. The molecule has 2 aromatic heterocycles. The molecule has 0 unspecified atom stereocenters. The van der Waals surface area contributed by atoms with Gasteiger partial charge in [0.25, 0.3) is 0 Å². The van der Waals surface area contributed by atoms with Gasteiger partial charge in [0.1, 0.15) is 5.82 Å². The standard InChI is InChI=1S/C12H14N4O2/c1-9-14-12(18-16-9)7-4-6-11(17)15-10-5-2-3-8-13-10/h2-3,5,8H,4,6-7H2,1H3,(H,13,15,17). The zero-order valence-electron chi connectivity index (χ0n) is 10.1. The zero-order chi connectivity index (χ0) is 12.8. The summed E-state index contributed by atoms with van der Waals surface area (Å²) in [4.78, 5) is 19.7. The van der Waals surface area contributed by atoms with Gasteiger partial charge in [0.15, 0.2) is 5.82 Å². The molecule has 94 valence electrons. The fraction of sp³-hybridized carbons (Fsp3) is 0.333. The van der Waals surface area contributed by atoms with Gasteiger partial charge in [-0.05, 0) is 25.5 Å². The maximum Gasteiger partial charge on any atom is 0.226 e. The molecule has 0 spiro atoms. The van der Waals surface area contributed by atoms with Gasteiger partial charge in [0.05, 0.1) is 0 Å². The normalized spacial score (nSPS) is 10.3. The van der Waals surface area contributed by atoms with E-state index in [0.717, 1.165) is 0 Å². The lowest BCUT2D eigenvalue weighted by molar-refractivity contribution is -0.116. The van der Waals surface area contributed by atoms with E-state index in [9.17, 15) is 4.79 Å². The van der Waals surface area contributed by atoms with Crippen LogP contribution in [0.15, 0.2) is 28.9 Å². The van der Waals surface area contributed by atoms with Crippen LogP contribution in [0.3, 0.4) is 0 Å². The average Bonchev–Trinajstić information content (AvgIpc) is 2.76. The van der Waals surface area contributed by atoms with E-state index in [1.54, 1.807) is 25.3 Å². The van der Waals surface area contributed by atoms with Gasteiger partial charge in [-0.2, -0.15) is 4.98 Å². The van der Waals surface area contributed by atoms with Crippen LogP contribution in [0.4, 0.5) is 5.82 Å². The molecule has 0 radical (unpaired) electrons. The Morgan fingerprint density at radius 3 is 3.00 bits per heavy atom. The second-order valence-electron chi connectivity index (χ2n) is 3.85. The summed E-state index contributed by atoms with van der Waals surface area (Å²) >= 11 is 0. The van der Waals surface area contributed by atoms with Crippen LogP contribution in [-0.4, -0.2) is 21.0 Å². The topological polar surface area (TPSA) is 80.9 Å². The molecule has 0 saturated carbocycles. The molecule has 0 aromatic carbocycles. The summed E-state index contributed by atoms with van der Waals surface area (Å²) in [7, 11) is 0. The van der Waals surface area contributed by atoms with Gasteiger partial charge in [-0.3, -0.25) is 4.79 Å². The summed E-state index contributed by atoms with van der Waals surface area (Å²) in [6, 6.07) is 5.37. The van der Waals surface area contributed by atoms with Crippen molar-refractivity contribution in [2.75, 3.05) is 5.32 Å². The minimum atomic E-state index is -0.0649. The smallest absolute Gasteiger partial charge is 0.226 e. The van der Waals surface area contributed by atoms with Gasteiger partial charge in [-0.15, -0.1) is 0 Å². The maximum absolute atomic E-state index is 11.6. The zero-order valence-corrected chi connectivity index (χ0v) is 10.1. The molecule has 0 atom stereocenters. The summed E-state index contributed by atoms with van der Waals surface area (Å²) in [6.45, 7) is 1.76. The summed E-state index contributed by atoms with van der Waals surface area (Å²) in [5, 5.41) is 6.40. The van der Waals surface area contributed by atoms with E-state index in [4.69, 9.17) is 4.52 Å². The lowest BCUT2D eigenvalue weighted by atomic mass is 10.2. The number of anilines is 1. The summed E-state index contributed by atoms with van der Waals surface area (Å²) < 4.78 is 4.96. The third kappa shape index (κ3) is 3.65. The van der Waals surface area contributed by atoms with E-state index in [2.05, 4.69) is 20.4 Å². The van der Waals surface area contributed by atoms with Crippen LogP contribution in [0.25, 0.3) is 0 Å². The minimum Gasteiger partial charge on any atom is -0.339 e. The third-order valence-electron chi connectivity index (χ3n) is 2.30. The molecule has 6 heteroatoms. The number of pyridine rings is 1. The van der Waals surface area contributed by atoms with Crippen molar-refractivity contribution in [3.05, 3.63) is 36.1 Å². The Morgan fingerprint density at radius 1 is 1.44 bits per heavy atom. The molecule has 0 aliphatic rings. The van der Waals surface area contributed by atoms with Crippen LogP contribution in [0.2, 0.25) is 0 Å². The molecule has 18 heavy (non-hydrogen) atoms. The number of hydrogen-bond donors (Lipinski definition) is 1. The van der Waals surface area contributed by atoms with Crippen molar-refractivity contribution in [3.8, 4) is 0 Å². The quantitative estimate of drug-likeness (QED) is 0.868. The van der Waals surface area contributed by atoms with Gasteiger partial charge in [0.2, 0.25) is 11.8 Å². The number of nitrogens with zero attached hydrogens (tertiary/aromatic N) is 3. The van der Waals surface area contributed by atoms with Crippen molar-refractivity contribution in [1.82, 2.24) is 15.1 Å². The maximum atomic E-state index is 11.6. The van der Waals surface area contributed by atoms with E-state index >= 15 is 0 Å². The van der Waals surface area contributed by atoms with E-state index in [0.29, 0.717) is 36.8 Å². The van der Waals surface area contributed by atoms with Gasteiger partial charge >= 0.3 is 0 Å². The number of rotatable bonds is 5. The lowest BCUT2D eigenvalue weighted by Gasteiger charge is -2.02. The van der Waals surface area contributed by atoms with E-state index < -0.39 is 0 Å². The highest BCUT2D eigenvalue weighted by atomic mass is 16.5. The fourth-order valence-electron chi connectivity index (χ4n) is 1.48. The molecule has 6 nitrogen and oxygen atoms in total. The first-order chi connectivity index (χ1) is 8.74.